The van der Waals surface area contributed by atoms with Gasteiger partial charge in [-0.25, -0.2) is 9.78 Å². The number of esters is 1. The third-order valence-corrected chi connectivity index (χ3v) is 4.09. The standard InChI is InChI=1S/C18H22N2O4/c1-12-9-20(11-16(23-12)18(21)22-3)10-15-13(2)24-17(19-15)14-7-5-4-6-8-14/h4-8,12,16H,9-11H2,1-3H3/t12-,16+/m1/s1. The van der Waals surface area contributed by atoms with E-state index < -0.39 is 6.10 Å². The summed E-state index contributed by atoms with van der Waals surface area (Å²) in [6.07, 6.45) is -0.594. The Morgan fingerprint density at radius 2 is 2.08 bits per heavy atom. The van der Waals surface area contributed by atoms with E-state index in [-0.39, 0.29) is 12.1 Å². The van der Waals surface area contributed by atoms with Crippen LogP contribution in [0.4, 0.5) is 0 Å². The van der Waals surface area contributed by atoms with Crippen LogP contribution < -0.4 is 0 Å². The second-order valence-electron chi connectivity index (χ2n) is 6.04. The van der Waals surface area contributed by atoms with Gasteiger partial charge in [0.25, 0.3) is 0 Å². The van der Waals surface area contributed by atoms with Crippen LogP contribution >= 0.6 is 0 Å². The van der Waals surface area contributed by atoms with Crippen molar-refractivity contribution >= 4 is 5.97 Å². The zero-order chi connectivity index (χ0) is 17.1. The molecular formula is C18H22N2O4. The van der Waals surface area contributed by atoms with Crippen LogP contribution in [0, 0.1) is 6.92 Å². The molecule has 6 nitrogen and oxygen atoms in total. The van der Waals surface area contributed by atoms with Gasteiger partial charge in [0, 0.05) is 25.2 Å². The normalized spacial score (nSPS) is 21.6. The van der Waals surface area contributed by atoms with E-state index in [4.69, 9.17) is 13.9 Å². The molecule has 0 aliphatic carbocycles. The van der Waals surface area contributed by atoms with Gasteiger partial charge in [-0.2, -0.15) is 0 Å². The number of ether oxygens (including phenoxy) is 2. The summed E-state index contributed by atoms with van der Waals surface area (Å²) in [5, 5.41) is 0. The fourth-order valence-electron chi connectivity index (χ4n) is 2.92. The number of hydrogen-bond acceptors (Lipinski definition) is 6. The molecular weight excluding hydrogens is 308 g/mol. The highest BCUT2D eigenvalue weighted by molar-refractivity contribution is 5.75. The molecule has 1 saturated heterocycles. The predicted octanol–water partition coefficient (Wildman–Crippen LogP) is 2.41. The van der Waals surface area contributed by atoms with Gasteiger partial charge < -0.3 is 13.9 Å². The molecule has 0 unspecified atom stereocenters. The quantitative estimate of drug-likeness (QED) is 0.802. The van der Waals surface area contributed by atoms with Gasteiger partial charge in [0.15, 0.2) is 6.10 Å². The van der Waals surface area contributed by atoms with Gasteiger partial charge in [-0.3, -0.25) is 4.90 Å². The zero-order valence-corrected chi connectivity index (χ0v) is 14.2. The average molecular weight is 330 g/mol. The third-order valence-electron chi connectivity index (χ3n) is 4.09. The Balaban J connectivity index is 1.74. The van der Waals surface area contributed by atoms with Gasteiger partial charge in [0.2, 0.25) is 5.89 Å². The van der Waals surface area contributed by atoms with Gasteiger partial charge in [0.1, 0.15) is 5.76 Å². The van der Waals surface area contributed by atoms with Crippen LogP contribution in [0.5, 0.6) is 0 Å². The van der Waals surface area contributed by atoms with E-state index >= 15 is 0 Å². The molecule has 2 heterocycles. The van der Waals surface area contributed by atoms with Crippen LogP contribution in [-0.2, 0) is 20.8 Å². The van der Waals surface area contributed by atoms with Gasteiger partial charge in [0.05, 0.1) is 18.9 Å². The number of rotatable bonds is 4. The van der Waals surface area contributed by atoms with E-state index in [2.05, 4.69) is 9.88 Å². The summed E-state index contributed by atoms with van der Waals surface area (Å²) >= 11 is 0. The van der Waals surface area contributed by atoms with Crippen LogP contribution in [0.15, 0.2) is 34.7 Å². The molecule has 0 N–H and O–H groups in total. The van der Waals surface area contributed by atoms with Crippen molar-refractivity contribution in [3.63, 3.8) is 0 Å². The lowest BCUT2D eigenvalue weighted by molar-refractivity contribution is -0.166. The number of aryl methyl sites for hydroxylation is 1. The first kappa shape index (κ1) is 16.7. The number of methoxy groups -OCH3 is 1. The topological polar surface area (TPSA) is 64.8 Å². The maximum atomic E-state index is 11.8. The van der Waals surface area contributed by atoms with Crippen molar-refractivity contribution in [3.05, 3.63) is 41.8 Å². The summed E-state index contributed by atoms with van der Waals surface area (Å²) in [6.45, 7) is 5.71. The Morgan fingerprint density at radius 3 is 2.79 bits per heavy atom. The highest BCUT2D eigenvalue weighted by Crippen LogP contribution is 2.23. The van der Waals surface area contributed by atoms with E-state index in [9.17, 15) is 4.79 Å². The molecule has 24 heavy (non-hydrogen) atoms. The number of carbonyl (C=O) groups excluding carboxylic acids is 1. The number of oxazole rings is 1. The minimum absolute atomic E-state index is 0.0383. The molecule has 3 rings (SSSR count). The van der Waals surface area contributed by atoms with Crippen LogP contribution in [0.2, 0.25) is 0 Å². The Kier molecular flexibility index (Phi) is 4.97. The summed E-state index contributed by atoms with van der Waals surface area (Å²) in [6, 6.07) is 9.82. The van der Waals surface area contributed by atoms with E-state index in [1.165, 1.54) is 7.11 Å². The first-order valence-electron chi connectivity index (χ1n) is 8.04. The Hall–Kier alpha value is -2.18. The summed E-state index contributed by atoms with van der Waals surface area (Å²) < 4.78 is 16.3. The molecule has 1 aromatic heterocycles. The molecule has 1 aliphatic heterocycles. The highest BCUT2D eigenvalue weighted by atomic mass is 16.6. The van der Waals surface area contributed by atoms with Crippen molar-refractivity contribution in [1.82, 2.24) is 9.88 Å². The molecule has 0 radical (unpaired) electrons. The van der Waals surface area contributed by atoms with Crippen LogP contribution in [-0.4, -0.2) is 48.3 Å². The highest BCUT2D eigenvalue weighted by Gasteiger charge is 2.31. The predicted molar refractivity (Wildman–Crippen MR) is 88.3 cm³/mol. The molecule has 1 fully saturated rings. The van der Waals surface area contributed by atoms with E-state index in [0.29, 0.717) is 19.0 Å². The summed E-state index contributed by atoms with van der Waals surface area (Å²) in [7, 11) is 1.38. The minimum atomic E-state index is -0.556. The van der Waals surface area contributed by atoms with Gasteiger partial charge in [-0.1, -0.05) is 18.2 Å². The second kappa shape index (κ2) is 7.15. The lowest BCUT2D eigenvalue weighted by Gasteiger charge is -2.34. The average Bonchev–Trinajstić information content (AvgIpc) is 2.95. The van der Waals surface area contributed by atoms with Crippen molar-refractivity contribution in [2.24, 2.45) is 0 Å². The van der Waals surface area contributed by atoms with Gasteiger partial charge in [-0.05, 0) is 26.0 Å². The molecule has 1 aromatic carbocycles. The van der Waals surface area contributed by atoms with Crippen LogP contribution in [0.25, 0.3) is 11.5 Å². The summed E-state index contributed by atoms with van der Waals surface area (Å²) in [4.78, 5) is 18.5. The minimum Gasteiger partial charge on any atom is -0.467 e. The van der Waals surface area contributed by atoms with Crippen LogP contribution in [0.3, 0.4) is 0 Å². The van der Waals surface area contributed by atoms with Crippen molar-refractivity contribution in [2.75, 3.05) is 20.2 Å². The molecule has 0 bridgehead atoms. The van der Waals surface area contributed by atoms with E-state index in [1.807, 2.05) is 44.2 Å². The molecule has 1 aliphatic rings. The van der Waals surface area contributed by atoms with Crippen molar-refractivity contribution in [3.8, 4) is 11.5 Å². The molecule has 0 saturated carbocycles. The molecule has 128 valence electrons. The first-order chi connectivity index (χ1) is 11.6. The largest absolute Gasteiger partial charge is 0.467 e. The van der Waals surface area contributed by atoms with Crippen molar-refractivity contribution in [2.45, 2.75) is 32.6 Å². The number of nitrogens with zero attached hydrogens (tertiary/aromatic N) is 2. The fraction of sp³-hybridized carbons (Fsp3) is 0.444. The molecule has 6 heteroatoms. The summed E-state index contributed by atoms with van der Waals surface area (Å²) in [5.41, 5.74) is 1.83. The molecule has 0 amide bonds. The maximum Gasteiger partial charge on any atom is 0.336 e. The van der Waals surface area contributed by atoms with E-state index in [1.54, 1.807) is 0 Å². The van der Waals surface area contributed by atoms with Crippen molar-refractivity contribution in [1.29, 1.82) is 0 Å². The Bertz CT molecular complexity index is 698. The third kappa shape index (κ3) is 3.66. The van der Waals surface area contributed by atoms with Crippen molar-refractivity contribution < 1.29 is 18.7 Å². The Morgan fingerprint density at radius 1 is 1.33 bits per heavy atom. The maximum absolute atomic E-state index is 11.8. The monoisotopic (exact) mass is 330 g/mol. The van der Waals surface area contributed by atoms with E-state index in [0.717, 1.165) is 23.6 Å². The lowest BCUT2D eigenvalue weighted by atomic mass is 10.2. The second-order valence-corrected chi connectivity index (χ2v) is 6.04. The first-order valence-corrected chi connectivity index (χ1v) is 8.04. The number of benzene rings is 1. The number of morpholine rings is 1. The number of aromatic nitrogens is 1. The fourth-order valence-corrected chi connectivity index (χ4v) is 2.92. The SMILES string of the molecule is COC(=O)[C@@H]1CN(Cc2nc(-c3ccccc3)oc2C)C[C@@H](C)O1. The summed E-state index contributed by atoms with van der Waals surface area (Å²) in [5.74, 6) is 1.07. The number of carbonyl (C=O) groups is 1. The molecule has 2 aromatic rings. The van der Waals surface area contributed by atoms with Crippen LogP contribution in [0.1, 0.15) is 18.4 Å². The number of hydrogen-bond donors (Lipinski definition) is 0. The lowest BCUT2D eigenvalue weighted by Crippen LogP contribution is -2.49. The van der Waals surface area contributed by atoms with Gasteiger partial charge in [-0.15, -0.1) is 0 Å². The zero-order valence-electron chi connectivity index (χ0n) is 14.2. The molecule has 0 spiro atoms. The van der Waals surface area contributed by atoms with Gasteiger partial charge >= 0.3 is 5.97 Å². The Labute approximate surface area is 141 Å². The smallest absolute Gasteiger partial charge is 0.336 e. The molecule has 2 atom stereocenters.